The second-order valence-corrected chi connectivity index (χ2v) is 6.34. The molecule has 2 N–H and O–H groups in total. The van der Waals surface area contributed by atoms with E-state index in [9.17, 15) is 5.11 Å². The van der Waals surface area contributed by atoms with Gasteiger partial charge in [-0.1, -0.05) is 81.3 Å². The average Bonchev–Trinajstić information content (AvgIpc) is 2.59. The van der Waals surface area contributed by atoms with Crippen LogP contribution < -0.4 is 0 Å². The predicted octanol–water partition coefficient (Wildman–Crippen LogP) is 6.39. The first-order chi connectivity index (χ1) is 11.6. The van der Waals surface area contributed by atoms with Crippen LogP contribution in [-0.2, 0) is 6.42 Å². The van der Waals surface area contributed by atoms with Gasteiger partial charge in [0, 0.05) is 0 Å². The fraction of sp³-hybridized carbons (Fsp3) is 0.455. The zero-order valence-electron chi connectivity index (χ0n) is 15.2. The topological polar surface area (TPSA) is 40.5 Å². The highest BCUT2D eigenvalue weighted by molar-refractivity contribution is 5.31. The molecule has 2 aromatic rings. The van der Waals surface area contributed by atoms with Gasteiger partial charge in [-0.25, -0.2) is 0 Å². The van der Waals surface area contributed by atoms with Gasteiger partial charge in [0.1, 0.15) is 11.5 Å². The van der Waals surface area contributed by atoms with E-state index in [2.05, 4.69) is 6.92 Å². The van der Waals surface area contributed by atoms with Crippen molar-refractivity contribution in [3.8, 4) is 11.5 Å². The van der Waals surface area contributed by atoms with E-state index in [0.29, 0.717) is 11.5 Å². The van der Waals surface area contributed by atoms with Gasteiger partial charge < -0.3 is 10.2 Å². The molecule has 0 heterocycles. The van der Waals surface area contributed by atoms with Gasteiger partial charge in [0.05, 0.1) is 0 Å². The van der Waals surface area contributed by atoms with Crippen LogP contribution in [0.3, 0.4) is 0 Å². The Bertz CT molecular complexity index is 525. The summed E-state index contributed by atoms with van der Waals surface area (Å²) in [4.78, 5) is 0. The summed E-state index contributed by atoms with van der Waals surface area (Å²) < 4.78 is 0. The van der Waals surface area contributed by atoms with Gasteiger partial charge in [0.25, 0.3) is 0 Å². The fourth-order valence-electron chi connectivity index (χ4n) is 2.54. The van der Waals surface area contributed by atoms with Crippen molar-refractivity contribution in [2.45, 2.75) is 65.2 Å². The van der Waals surface area contributed by atoms with Crippen LogP contribution >= 0.6 is 0 Å². The minimum atomic E-state index is 0.329. The number of benzene rings is 2. The van der Waals surface area contributed by atoms with Crippen LogP contribution in [0.5, 0.6) is 11.5 Å². The van der Waals surface area contributed by atoms with Gasteiger partial charge in [-0.2, -0.15) is 0 Å². The molecule has 24 heavy (non-hydrogen) atoms. The molecule has 0 atom stereocenters. The summed E-state index contributed by atoms with van der Waals surface area (Å²) in [5, 5.41) is 18.3. The van der Waals surface area contributed by atoms with Crippen LogP contribution in [-0.4, -0.2) is 10.2 Å². The number of phenolic OH excluding ortho intramolecular Hbond substituents is 2. The molecular formula is C22H32O2. The molecule has 2 heteroatoms. The molecular weight excluding hydrogens is 296 g/mol. The molecule has 2 rings (SSSR count). The molecule has 0 amide bonds. The van der Waals surface area contributed by atoms with Crippen molar-refractivity contribution >= 4 is 0 Å². The van der Waals surface area contributed by atoms with Crippen molar-refractivity contribution in [3.63, 3.8) is 0 Å². The second kappa shape index (κ2) is 12.5. The first-order valence-corrected chi connectivity index (χ1v) is 9.16. The second-order valence-electron chi connectivity index (χ2n) is 6.34. The van der Waals surface area contributed by atoms with Crippen molar-refractivity contribution in [2.75, 3.05) is 0 Å². The Balaban J connectivity index is 0.000000300. The lowest BCUT2D eigenvalue weighted by atomic mass is 10.0. The third-order valence-electron chi connectivity index (χ3n) is 4.08. The number of unbranched alkanes of at least 4 members (excludes halogenated alkanes) is 6. The summed E-state index contributed by atoms with van der Waals surface area (Å²) in [6, 6.07) is 14.8. The monoisotopic (exact) mass is 328 g/mol. The quantitative estimate of drug-likeness (QED) is 0.551. The summed E-state index contributed by atoms with van der Waals surface area (Å²) >= 11 is 0. The van der Waals surface area contributed by atoms with Crippen molar-refractivity contribution in [2.24, 2.45) is 0 Å². The largest absolute Gasteiger partial charge is 0.508 e. The van der Waals surface area contributed by atoms with E-state index in [1.54, 1.807) is 18.2 Å². The number of aromatic hydroxyl groups is 2. The number of hydrogen-bond acceptors (Lipinski definition) is 2. The Kier molecular flexibility index (Phi) is 10.4. The highest BCUT2D eigenvalue weighted by Crippen LogP contribution is 2.18. The maximum atomic E-state index is 9.58. The van der Waals surface area contributed by atoms with Crippen LogP contribution in [0.2, 0.25) is 0 Å². The van der Waals surface area contributed by atoms with Gasteiger partial charge in [0.15, 0.2) is 0 Å². The molecule has 0 radical (unpaired) electrons. The predicted molar refractivity (Wildman–Crippen MR) is 103 cm³/mol. The smallest absolute Gasteiger partial charge is 0.118 e. The van der Waals surface area contributed by atoms with Gasteiger partial charge >= 0.3 is 0 Å². The molecule has 0 spiro atoms. The normalized spacial score (nSPS) is 10.1. The van der Waals surface area contributed by atoms with Crippen LogP contribution in [0, 0.1) is 6.92 Å². The third-order valence-corrected chi connectivity index (χ3v) is 4.08. The van der Waals surface area contributed by atoms with Gasteiger partial charge in [0.2, 0.25) is 0 Å². The van der Waals surface area contributed by atoms with Gasteiger partial charge in [-0.15, -0.1) is 0 Å². The molecule has 0 aliphatic rings. The maximum absolute atomic E-state index is 9.58. The molecule has 0 bridgehead atoms. The molecule has 0 aliphatic carbocycles. The standard InChI is InChI=1S/C15H24O.C7H8O/c1-2-3-4-5-6-7-8-11-14-12-9-10-13-15(14)16;1-6-2-4-7(8)5-3-6/h9-10,12-13,16H,2-8,11H2,1H3;2-5,8H,1H3. The van der Waals surface area contributed by atoms with Crippen molar-refractivity contribution < 1.29 is 10.2 Å². The van der Waals surface area contributed by atoms with Gasteiger partial charge in [-0.3, -0.25) is 0 Å². The molecule has 2 aromatic carbocycles. The van der Waals surface area contributed by atoms with E-state index >= 15 is 0 Å². The maximum Gasteiger partial charge on any atom is 0.118 e. The number of phenols is 2. The average molecular weight is 328 g/mol. The number of aryl methyl sites for hydroxylation is 2. The number of para-hydroxylation sites is 1. The minimum Gasteiger partial charge on any atom is -0.508 e. The Morgan fingerprint density at radius 2 is 1.29 bits per heavy atom. The summed E-state index contributed by atoms with van der Waals surface area (Å²) in [5.74, 6) is 0.782. The molecule has 132 valence electrons. The summed E-state index contributed by atoms with van der Waals surface area (Å²) in [5.41, 5.74) is 2.26. The Hall–Kier alpha value is -1.96. The van der Waals surface area contributed by atoms with Crippen molar-refractivity contribution in [1.29, 1.82) is 0 Å². The number of hydrogen-bond donors (Lipinski definition) is 2. The highest BCUT2D eigenvalue weighted by atomic mass is 16.3. The first kappa shape index (κ1) is 20.1. The fourth-order valence-corrected chi connectivity index (χ4v) is 2.54. The minimum absolute atomic E-state index is 0.329. The molecule has 0 saturated heterocycles. The van der Waals surface area contributed by atoms with E-state index in [1.165, 1.54) is 50.5 Å². The van der Waals surface area contributed by atoms with E-state index in [0.717, 1.165) is 12.0 Å². The van der Waals surface area contributed by atoms with Gasteiger partial charge in [-0.05, 0) is 43.5 Å². The SMILES string of the molecule is CCCCCCCCCc1ccccc1O.Cc1ccc(O)cc1. The third kappa shape index (κ3) is 9.24. The van der Waals surface area contributed by atoms with E-state index in [1.807, 2.05) is 37.3 Å². The zero-order valence-corrected chi connectivity index (χ0v) is 15.2. The van der Waals surface area contributed by atoms with Crippen LogP contribution in [0.4, 0.5) is 0 Å². The highest BCUT2D eigenvalue weighted by Gasteiger charge is 1.98. The molecule has 0 aromatic heterocycles. The molecule has 2 nitrogen and oxygen atoms in total. The molecule has 0 unspecified atom stereocenters. The first-order valence-electron chi connectivity index (χ1n) is 9.16. The van der Waals surface area contributed by atoms with E-state index < -0.39 is 0 Å². The van der Waals surface area contributed by atoms with E-state index in [-0.39, 0.29) is 0 Å². The lowest BCUT2D eigenvalue weighted by Gasteiger charge is -2.04. The van der Waals surface area contributed by atoms with E-state index in [4.69, 9.17) is 5.11 Å². The summed E-state index contributed by atoms with van der Waals surface area (Å²) in [6.07, 6.45) is 10.3. The van der Waals surface area contributed by atoms with Crippen LogP contribution in [0.15, 0.2) is 48.5 Å². The summed E-state index contributed by atoms with van der Waals surface area (Å²) in [6.45, 7) is 4.23. The van der Waals surface area contributed by atoms with Crippen LogP contribution in [0.1, 0.15) is 63.0 Å². The van der Waals surface area contributed by atoms with Crippen molar-refractivity contribution in [1.82, 2.24) is 0 Å². The zero-order chi connectivity index (χ0) is 17.6. The Labute approximate surface area is 147 Å². The molecule has 0 saturated carbocycles. The summed E-state index contributed by atoms with van der Waals surface area (Å²) in [7, 11) is 0. The molecule has 0 fully saturated rings. The Morgan fingerprint density at radius 3 is 1.88 bits per heavy atom. The van der Waals surface area contributed by atoms with Crippen LogP contribution in [0.25, 0.3) is 0 Å². The van der Waals surface area contributed by atoms with Crippen molar-refractivity contribution in [3.05, 3.63) is 59.7 Å². The lowest BCUT2D eigenvalue weighted by molar-refractivity contribution is 0.466. The molecule has 0 aliphatic heterocycles. The lowest BCUT2D eigenvalue weighted by Crippen LogP contribution is -1.87. The Morgan fingerprint density at radius 1 is 0.708 bits per heavy atom. The number of rotatable bonds is 8.